The molecule has 1 rings (SSSR count). The molecule has 0 radical (unpaired) electrons. The molecular weight excluding hydrogens is 224 g/mol. The molecule has 3 heteroatoms. The van der Waals surface area contributed by atoms with E-state index < -0.39 is 0 Å². The molecular formula is C15H24N2O. The summed E-state index contributed by atoms with van der Waals surface area (Å²) in [5.41, 5.74) is 2.52. The average Bonchev–Trinajstić information content (AvgIpc) is 2.36. The van der Waals surface area contributed by atoms with Gasteiger partial charge in [-0.25, -0.2) is 0 Å². The molecule has 0 saturated carbocycles. The Hall–Kier alpha value is -1.35. The van der Waals surface area contributed by atoms with E-state index in [9.17, 15) is 4.79 Å². The molecule has 0 bridgehead atoms. The Morgan fingerprint density at radius 2 is 1.89 bits per heavy atom. The predicted molar refractivity (Wildman–Crippen MR) is 75.4 cm³/mol. The summed E-state index contributed by atoms with van der Waals surface area (Å²) in [6.07, 6.45) is 1.54. The highest BCUT2D eigenvalue weighted by molar-refractivity contribution is 5.76. The molecule has 0 aliphatic carbocycles. The highest BCUT2D eigenvalue weighted by Crippen LogP contribution is 2.08. The second-order valence-corrected chi connectivity index (χ2v) is 4.76. The Kier molecular flexibility index (Phi) is 6.44. The zero-order valence-corrected chi connectivity index (χ0v) is 11.6. The number of amides is 1. The van der Waals surface area contributed by atoms with Gasteiger partial charge in [-0.3, -0.25) is 4.79 Å². The molecule has 3 nitrogen and oxygen atoms in total. The topological polar surface area (TPSA) is 41.1 Å². The average molecular weight is 248 g/mol. The maximum Gasteiger partial charge on any atom is 0.221 e. The summed E-state index contributed by atoms with van der Waals surface area (Å²) in [5, 5.41) is 6.20. The molecule has 18 heavy (non-hydrogen) atoms. The second kappa shape index (κ2) is 7.88. The van der Waals surface area contributed by atoms with Crippen LogP contribution >= 0.6 is 0 Å². The molecule has 0 fully saturated rings. The quantitative estimate of drug-likeness (QED) is 0.777. The molecule has 0 spiro atoms. The van der Waals surface area contributed by atoms with Gasteiger partial charge >= 0.3 is 0 Å². The number of nitrogens with one attached hydrogen (secondary N) is 2. The van der Waals surface area contributed by atoms with Crippen molar-refractivity contribution in [2.24, 2.45) is 0 Å². The first-order chi connectivity index (χ1) is 8.63. The van der Waals surface area contributed by atoms with Gasteiger partial charge in [0.2, 0.25) is 5.91 Å². The highest BCUT2D eigenvalue weighted by Gasteiger charge is 2.04. The van der Waals surface area contributed by atoms with E-state index in [0.717, 1.165) is 13.0 Å². The third-order valence-electron chi connectivity index (χ3n) is 2.88. The molecule has 0 aromatic heterocycles. The van der Waals surface area contributed by atoms with Crippen LogP contribution in [0.4, 0.5) is 0 Å². The lowest BCUT2D eigenvalue weighted by molar-refractivity contribution is -0.121. The Labute approximate surface area is 110 Å². The molecule has 1 amide bonds. The van der Waals surface area contributed by atoms with Gasteiger partial charge < -0.3 is 10.6 Å². The van der Waals surface area contributed by atoms with Crippen molar-refractivity contribution in [1.82, 2.24) is 10.6 Å². The second-order valence-electron chi connectivity index (χ2n) is 4.76. The number of carbonyl (C=O) groups is 1. The number of hydrogen-bond acceptors (Lipinski definition) is 2. The van der Waals surface area contributed by atoms with E-state index in [1.54, 1.807) is 0 Å². The van der Waals surface area contributed by atoms with Crippen molar-refractivity contribution in [3.63, 3.8) is 0 Å². The predicted octanol–water partition coefficient (Wildman–Crippen LogP) is 2.25. The first kappa shape index (κ1) is 14.7. The van der Waals surface area contributed by atoms with Gasteiger partial charge in [-0.15, -0.1) is 0 Å². The van der Waals surface area contributed by atoms with Gasteiger partial charge in [0.05, 0.1) is 0 Å². The Morgan fingerprint density at radius 1 is 1.22 bits per heavy atom. The minimum Gasteiger partial charge on any atom is -0.352 e. The van der Waals surface area contributed by atoms with Gasteiger partial charge in [-0.1, -0.05) is 45.0 Å². The summed E-state index contributed by atoms with van der Waals surface area (Å²) in [6.45, 7) is 7.65. The third-order valence-corrected chi connectivity index (χ3v) is 2.88. The SMILES string of the molecule is CCc1ccccc1CNC(=O)CCNC(C)C. The van der Waals surface area contributed by atoms with Crippen molar-refractivity contribution in [3.8, 4) is 0 Å². The molecule has 1 aromatic carbocycles. The summed E-state index contributed by atoms with van der Waals surface area (Å²) < 4.78 is 0. The van der Waals surface area contributed by atoms with Crippen LogP contribution in [0.25, 0.3) is 0 Å². The number of rotatable bonds is 7. The zero-order chi connectivity index (χ0) is 13.4. The summed E-state index contributed by atoms with van der Waals surface area (Å²) >= 11 is 0. The van der Waals surface area contributed by atoms with Crippen LogP contribution in [0.15, 0.2) is 24.3 Å². The van der Waals surface area contributed by atoms with Crippen LogP contribution < -0.4 is 10.6 Å². The van der Waals surface area contributed by atoms with Gasteiger partial charge in [0.1, 0.15) is 0 Å². The van der Waals surface area contributed by atoms with Crippen LogP contribution in [-0.4, -0.2) is 18.5 Å². The molecule has 0 aliphatic rings. The summed E-state index contributed by atoms with van der Waals surface area (Å²) in [6, 6.07) is 8.67. The molecule has 0 saturated heterocycles. The van der Waals surface area contributed by atoms with E-state index in [4.69, 9.17) is 0 Å². The standard InChI is InChI=1S/C15H24N2O/c1-4-13-7-5-6-8-14(13)11-17-15(18)9-10-16-12(2)3/h5-8,12,16H,4,9-11H2,1-3H3,(H,17,18). The zero-order valence-electron chi connectivity index (χ0n) is 11.6. The van der Waals surface area contributed by atoms with Crippen molar-refractivity contribution in [1.29, 1.82) is 0 Å². The van der Waals surface area contributed by atoms with E-state index in [2.05, 4.69) is 43.5 Å². The Bertz CT molecular complexity index is 375. The lowest BCUT2D eigenvalue weighted by atomic mass is 10.1. The van der Waals surface area contributed by atoms with Crippen LogP contribution in [0.5, 0.6) is 0 Å². The van der Waals surface area contributed by atoms with Gasteiger partial charge in [-0.05, 0) is 17.5 Å². The maximum atomic E-state index is 11.6. The number of aryl methyl sites for hydroxylation is 1. The van der Waals surface area contributed by atoms with E-state index in [1.165, 1.54) is 11.1 Å². The van der Waals surface area contributed by atoms with E-state index in [0.29, 0.717) is 19.0 Å². The maximum absolute atomic E-state index is 11.6. The normalized spacial score (nSPS) is 10.7. The van der Waals surface area contributed by atoms with Gasteiger partial charge in [0.15, 0.2) is 0 Å². The van der Waals surface area contributed by atoms with Crippen molar-refractivity contribution >= 4 is 5.91 Å². The number of carbonyl (C=O) groups excluding carboxylic acids is 1. The molecule has 0 unspecified atom stereocenters. The summed E-state index contributed by atoms with van der Waals surface area (Å²) in [5.74, 6) is 0.106. The highest BCUT2D eigenvalue weighted by atomic mass is 16.1. The van der Waals surface area contributed by atoms with Crippen LogP contribution in [-0.2, 0) is 17.8 Å². The Balaban J connectivity index is 2.33. The lowest BCUT2D eigenvalue weighted by Gasteiger charge is -2.10. The lowest BCUT2D eigenvalue weighted by Crippen LogP contribution is -2.30. The smallest absolute Gasteiger partial charge is 0.221 e. The van der Waals surface area contributed by atoms with Crippen molar-refractivity contribution < 1.29 is 4.79 Å². The first-order valence-corrected chi connectivity index (χ1v) is 6.70. The molecule has 0 atom stereocenters. The van der Waals surface area contributed by atoms with Crippen LogP contribution in [0.2, 0.25) is 0 Å². The minimum atomic E-state index is 0.106. The fourth-order valence-electron chi connectivity index (χ4n) is 1.83. The number of benzene rings is 1. The number of hydrogen-bond donors (Lipinski definition) is 2. The molecule has 0 heterocycles. The molecule has 0 aliphatic heterocycles. The minimum absolute atomic E-state index is 0.106. The Morgan fingerprint density at radius 3 is 2.50 bits per heavy atom. The van der Waals surface area contributed by atoms with E-state index in [-0.39, 0.29) is 5.91 Å². The monoisotopic (exact) mass is 248 g/mol. The van der Waals surface area contributed by atoms with E-state index >= 15 is 0 Å². The van der Waals surface area contributed by atoms with Crippen molar-refractivity contribution in [3.05, 3.63) is 35.4 Å². The van der Waals surface area contributed by atoms with Crippen LogP contribution in [0.1, 0.15) is 38.3 Å². The third kappa shape index (κ3) is 5.32. The van der Waals surface area contributed by atoms with E-state index in [1.807, 2.05) is 12.1 Å². The molecule has 100 valence electrons. The van der Waals surface area contributed by atoms with Crippen LogP contribution in [0.3, 0.4) is 0 Å². The van der Waals surface area contributed by atoms with Crippen molar-refractivity contribution in [2.45, 2.75) is 46.2 Å². The summed E-state index contributed by atoms with van der Waals surface area (Å²) in [7, 11) is 0. The van der Waals surface area contributed by atoms with Crippen LogP contribution in [0, 0.1) is 0 Å². The van der Waals surface area contributed by atoms with Gasteiger partial charge in [0, 0.05) is 25.6 Å². The first-order valence-electron chi connectivity index (χ1n) is 6.70. The summed E-state index contributed by atoms with van der Waals surface area (Å²) in [4.78, 5) is 11.6. The molecule has 1 aromatic rings. The largest absolute Gasteiger partial charge is 0.352 e. The molecule has 2 N–H and O–H groups in total. The van der Waals surface area contributed by atoms with Gasteiger partial charge in [0.25, 0.3) is 0 Å². The fourth-order valence-corrected chi connectivity index (χ4v) is 1.83. The fraction of sp³-hybridized carbons (Fsp3) is 0.533. The van der Waals surface area contributed by atoms with Crippen molar-refractivity contribution in [2.75, 3.05) is 6.54 Å². The van der Waals surface area contributed by atoms with Gasteiger partial charge in [-0.2, -0.15) is 0 Å².